The highest BCUT2D eigenvalue weighted by Crippen LogP contribution is 2.29. The lowest BCUT2D eigenvalue weighted by Crippen LogP contribution is -2.06. The van der Waals surface area contributed by atoms with Crippen LogP contribution in [0, 0.1) is 6.92 Å². The first-order chi connectivity index (χ1) is 16.0. The van der Waals surface area contributed by atoms with E-state index in [-0.39, 0.29) is 0 Å². The molecule has 1 N–H and O–H groups in total. The van der Waals surface area contributed by atoms with Gasteiger partial charge in [-0.1, -0.05) is 53.5 Å². The van der Waals surface area contributed by atoms with Crippen LogP contribution in [0.3, 0.4) is 0 Å². The number of nitrogens with one attached hydrogen (secondary N) is 1. The zero-order valence-corrected chi connectivity index (χ0v) is 20.2. The molecule has 0 unspecified atom stereocenters. The number of hydrazone groups is 1. The van der Waals surface area contributed by atoms with Gasteiger partial charge in [0, 0.05) is 28.7 Å². The van der Waals surface area contributed by atoms with E-state index in [1.165, 1.54) is 0 Å². The summed E-state index contributed by atoms with van der Waals surface area (Å²) in [4.78, 5) is 0. The van der Waals surface area contributed by atoms with Crippen LogP contribution in [0.5, 0.6) is 11.5 Å². The van der Waals surface area contributed by atoms with E-state index in [0.29, 0.717) is 34.6 Å². The normalized spacial score (nSPS) is 11.3. The molecule has 0 spiro atoms. The molecule has 5 nitrogen and oxygen atoms in total. The summed E-state index contributed by atoms with van der Waals surface area (Å²) in [6.07, 6.45) is 1.88. The Hall–Kier alpha value is -3.15. The zero-order chi connectivity index (χ0) is 23.4. The second-order valence-corrected chi connectivity index (χ2v) is 8.45. The Morgan fingerprint density at radius 3 is 2.42 bits per heavy atom. The van der Waals surface area contributed by atoms with Crippen LogP contribution >= 0.6 is 23.2 Å². The summed E-state index contributed by atoms with van der Waals surface area (Å²) in [7, 11) is 3.25. The molecular weight excluding hydrogens is 457 g/mol. The summed E-state index contributed by atoms with van der Waals surface area (Å²) in [5, 5.41) is 6.76. The number of hydrogen-bond acceptors (Lipinski definition) is 4. The van der Waals surface area contributed by atoms with Crippen molar-refractivity contribution in [2.75, 3.05) is 14.2 Å². The van der Waals surface area contributed by atoms with Gasteiger partial charge in [0.15, 0.2) is 11.5 Å². The van der Waals surface area contributed by atoms with Crippen molar-refractivity contribution >= 4 is 40.3 Å². The third-order valence-electron chi connectivity index (χ3n) is 5.62. The van der Waals surface area contributed by atoms with E-state index in [0.717, 1.165) is 33.3 Å². The third-order valence-corrected chi connectivity index (χ3v) is 6.36. The molecule has 1 aromatic heterocycles. The highest BCUT2D eigenvalue weighted by Gasteiger charge is 2.13. The number of rotatable bonds is 8. The maximum absolute atomic E-state index is 6.23. The summed E-state index contributed by atoms with van der Waals surface area (Å²) >= 11 is 12.3. The number of nitrogens with zero attached hydrogens (tertiary/aromatic N) is 2. The standard InChI is InChI=1S/C26H25Cl2N3O2/c1-17-21(15-30-29-14-18-9-11-25(32-2)26(13-18)33-3)20-6-4-5-7-24(20)31(17)16-19-8-10-22(27)23(28)12-19/h4-13,15,29H,14,16H2,1-3H3/b30-15-. The third kappa shape index (κ3) is 4.95. The van der Waals surface area contributed by atoms with Gasteiger partial charge in [0.1, 0.15) is 0 Å². The molecule has 7 heteroatoms. The molecule has 170 valence electrons. The van der Waals surface area contributed by atoms with E-state index < -0.39 is 0 Å². The molecule has 4 rings (SSSR count). The topological polar surface area (TPSA) is 47.8 Å². The van der Waals surface area contributed by atoms with Gasteiger partial charge in [-0.05, 0) is 48.4 Å². The molecular formula is C26H25Cl2N3O2. The SMILES string of the molecule is COc1ccc(CN/N=C\c2c(C)n(Cc3ccc(Cl)c(Cl)c3)c3ccccc23)cc1OC. The zero-order valence-electron chi connectivity index (χ0n) is 18.7. The minimum Gasteiger partial charge on any atom is -0.493 e. The molecule has 0 radical (unpaired) electrons. The Morgan fingerprint density at radius 2 is 1.67 bits per heavy atom. The average Bonchev–Trinajstić information content (AvgIpc) is 3.09. The highest BCUT2D eigenvalue weighted by molar-refractivity contribution is 6.42. The number of halogens is 2. The molecule has 0 fully saturated rings. The highest BCUT2D eigenvalue weighted by atomic mass is 35.5. The van der Waals surface area contributed by atoms with Crippen LogP contribution in [0.1, 0.15) is 22.4 Å². The Labute approximate surface area is 203 Å². The molecule has 0 bridgehead atoms. The van der Waals surface area contributed by atoms with Gasteiger partial charge in [0.25, 0.3) is 0 Å². The first kappa shape index (κ1) is 23.0. The van der Waals surface area contributed by atoms with Crippen molar-refractivity contribution in [3.8, 4) is 11.5 Å². The number of para-hydroxylation sites is 1. The van der Waals surface area contributed by atoms with Gasteiger partial charge in [-0.2, -0.15) is 5.10 Å². The summed E-state index contributed by atoms with van der Waals surface area (Å²) in [6.45, 7) is 3.36. The van der Waals surface area contributed by atoms with E-state index in [9.17, 15) is 0 Å². The largest absolute Gasteiger partial charge is 0.493 e. The van der Waals surface area contributed by atoms with Crippen LogP contribution in [-0.2, 0) is 13.1 Å². The van der Waals surface area contributed by atoms with Gasteiger partial charge in [-0.3, -0.25) is 0 Å². The van der Waals surface area contributed by atoms with E-state index in [1.54, 1.807) is 14.2 Å². The quantitative estimate of drug-likeness (QED) is 0.232. The number of hydrogen-bond donors (Lipinski definition) is 1. The molecule has 0 saturated heterocycles. The van der Waals surface area contributed by atoms with E-state index >= 15 is 0 Å². The van der Waals surface area contributed by atoms with Gasteiger partial charge in [0.2, 0.25) is 0 Å². The van der Waals surface area contributed by atoms with E-state index in [1.807, 2.05) is 54.7 Å². The minimum absolute atomic E-state index is 0.558. The van der Waals surface area contributed by atoms with Crippen LogP contribution in [0.4, 0.5) is 0 Å². The molecule has 0 atom stereocenters. The summed E-state index contributed by atoms with van der Waals surface area (Å²) in [5.74, 6) is 1.40. The molecule has 0 aliphatic heterocycles. The fourth-order valence-electron chi connectivity index (χ4n) is 3.88. The van der Waals surface area contributed by atoms with E-state index in [2.05, 4.69) is 34.2 Å². The first-order valence-electron chi connectivity index (χ1n) is 10.5. The minimum atomic E-state index is 0.558. The number of aromatic nitrogens is 1. The average molecular weight is 482 g/mol. The second kappa shape index (κ2) is 10.2. The smallest absolute Gasteiger partial charge is 0.161 e. The fraction of sp³-hybridized carbons (Fsp3) is 0.192. The van der Waals surface area contributed by atoms with Crippen LogP contribution < -0.4 is 14.9 Å². The number of benzene rings is 3. The second-order valence-electron chi connectivity index (χ2n) is 7.63. The Morgan fingerprint density at radius 1 is 0.909 bits per heavy atom. The predicted octanol–water partition coefficient (Wildman–Crippen LogP) is 6.45. The van der Waals surface area contributed by atoms with Crippen molar-refractivity contribution < 1.29 is 9.47 Å². The summed E-state index contributed by atoms with van der Waals surface area (Å²) < 4.78 is 12.9. The van der Waals surface area contributed by atoms with Crippen molar-refractivity contribution in [3.05, 3.63) is 93.1 Å². The van der Waals surface area contributed by atoms with Crippen molar-refractivity contribution in [2.45, 2.75) is 20.0 Å². The van der Waals surface area contributed by atoms with Crippen molar-refractivity contribution in [2.24, 2.45) is 5.10 Å². The lowest BCUT2D eigenvalue weighted by molar-refractivity contribution is 0.354. The van der Waals surface area contributed by atoms with Gasteiger partial charge in [-0.15, -0.1) is 0 Å². The van der Waals surface area contributed by atoms with Crippen LogP contribution in [-0.4, -0.2) is 25.0 Å². The monoisotopic (exact) mass is 481 g/mol. The molecule has 0 aliphatic rings. The summed E-state index contributed by atoms with van der Waals surface area (Å²) in [5.41, 5.74) is 8.61. The van der Waals surface area contributed by atoms with Gasteiger partial charge in [0.05, 0.1) is 37.0 Å². The van der Waals surface area contributed by atoms with Crippen LogP contribution in [0.25, 0.3) is 10.9 Å². The molecule has 1 heterocycles. The first-order valence-corrected chi connectivity index (χ1v) is 11.3. The van der Waals surface area contributed by atoms with Crippen molar-refractivity contribution in [1.82, 2.24) is 9.99 Å². The molecule has 4 aromatic rings. The fourth-order valence-corrected chi connectivity index (χ4v) is 4.20. The number of ether oxygens (including phenoxy) is 2. The molecule has 0 saturated carbocycles. The lowest BCUT2D eigenvalue weighted by Gasteiger charge is -2.10. The van der Waals surface area contributed by atoms with Crippen molar-refractivity contribution in [3.63, 3.8) is 0 Å². The lowest BCUT2D eigenvalue weighted by atomic mass is 10.1. The maximum Gasteiger partial charge on any atom is 0.161 e. The Kier molecular flexibility index (Phi) is 7.11. The van der Waals surface area contributed by atoms with Crippen LogP contribution in [0.2, 0.25) is 10.0 Å². The number of methoxy groups -OCH3 is 2. The number of fused-ring (bicyclic) bond motifs is 1. The van der Waals surface area contributed by atoms with E-state index in [4.69, 9.17) is 32.7 Å². The molecule has 0 aliphatic carbocycles. The maximum atomic E-state index is 6.23. The molecule has 33 heavy (non-hydrogen) atoms. The Balaban J connectivity index is 1.56. The molecule has 3 aromatic carbocycles. The van der Waals surface area contributed by atoms with Crippen molar-refractivity contribution in [1.29, 1.82) is 0 Å². The predicted molar refractivity (Wildman–Crippen MR) is 136 cm³/mol. The van der Waals surface area contributed by atoms with Gasteiger partial charge >= 0.3 is 0 Å². The van der Waals surface area contributed by atoms with Gasteiger partial charge in [-0.25, -0.2) is 0 Å². The Bertz CT molecular complexity index is 1310. The van der Waals surface area contributed by atoms with Crippen LogP contribution in [0.15, 0.2) is 65.8 Å². The summed E-state index contributed by atoms with van der Waals surface area (Å²) in [6, 6.07) is 19.9. The molecule has 0 amide bonds. The van der Waals surface area contributed by atoms with Gasteiger partial charge < -0.3 is 19.5 Å².